The molecule has 2 N–H and O–H groups in total. The molecule has 0 saturated carbocycles. The zero-order valence-corrected chi connectivity index (χ0v) is 9.46. The van der Waals surface area contributed by atoms with Crippen molar-refractivity contribution in [3.63, 3.8) is 0 Å². The standard InChI is InChI=1S/C13H12N4/c1-9-7-10(4-5-11(9)14)17-8-16-12-3-2-6-15-13(12)17/h2-8H,14H2,1H3. The SMILES string of the molecule is Cc1cc(-n2cnc3cccnc32)ccc1N. The summed E-state index contributed by atoms with van der Waals surface area (Å²) in [5.41, 5.74) is 10.4. The fourth-order valence-electron chi connectivity index (χ4n) is 1.85. The van der Waals surface area contributed by atoms with Crippen molar-refractivity contribution in [3.05, 3.63) is 48.4 Å². The van der Waals surface area contributed by atoms with E-state index in [4.69, 9.17) is 5.73 Å². The molecule has 0 amide bonds. The summed E-state index contributed by atoms with van der Waals surface area (Å²) in [6.07, 6.45) is 3.55. The van der Waals surface area contributed by atoms with Crippen LogP contribution in [0.3, 0.4) is 0 Å². The monoisotopic (exact) mass is 224 g/mol. The van der Waals surface area contributed by atoms with Gasteiger partial charge >= 0.3 is 0 Å². The van der Waals surface area contributed by atoms with Crippen molar-refractivity contribution >= 4 is 16.9 Å². The molecule has 3 aromatic rings. The fourth-order valence-corrected chi connectivity index (χ4v) is 1.85. The van der Waals surface area contributed by atoms with E-state index in [0.717, 1.165) is 28.1 Å². The van der Waals surface area contributed by atoms with Gasteiger partial charge in [-0.15, -0.1) is 0 Å². The van der Waals surface area contributed by atoms with Gasteiger partial charge in [-0.05, 0) is 42.8 Å². The number of aromatic nitrogens is 3. The Labute approximate surface area is 98.7 Å². The van der Waals surface area contributed by atoms with Crippen molar-refractivity contribution in [1.29, 1.82) is 0 Å². The summed E-state index contributed by atoms with van der Waals surface area (Å²) in [6.45, 7) is 1.99. The van der Waals surface area contributed by atoms with Crippen LogP contribution in [0.15, 0.2) is 42.9 Å². The van der Waals surface area contributed by atoms with Crippen LogP contribution in [0.4, 0.5) is 5.69 Å². The minimum Gasteiger partial charge on any atom is -0.399 e. The Kier molecular flexibility index (Phi) is 2.08. The van der Waals surface area contributed by atoms with Crippen LogP contribution in [0, 0.1) is 6.92 Å². The Morgan fingerprint density at radius 2 is 2.06 bits per heavy atom. The molecule has 0 unspecified atom stereocenters. The second-order valence-electron chi connectivity index (χ2n) is 4.00. The quantitative estimate of drug-likeness (QED) is 0.645. The van der Waals surface area contributed by atoms with E-state index < -0.39 is 0 Å². The highest BCUT2D eigenvalue weighted by Crippen LogP contribution is 2.19. The summed E-state index contributed by atoms with van der Waals surface area (Å²) in [7, 11) is 0. The third-order valence-corrected chi connectivity index (χ3v) is 2.84. The summed E-state index contributed by atoms with van der Waals surface area (Å²) >= 11 is 0. The predicted molar refractivity (Wildman–Crippen MR) is 68.0 cm³/mol. The highest BCUT2D eigenvalue weighted by Gasteiger charge is 2.05. The van der Waals surface area contributed by atoms with Gasteiger partial charge in [-0.3, -0.25) is 4.57 Å². The highest BCUT2D eigenvalue weighted by atomic mass is 15.1. The summed E-state index contributed by atoms with van der Waals surface area (Å²) in [6, 6.07) is 9.74. The largest absolute Gasteiger partial charge is 0.399 e. The normalized spacial score (nSPS) is 10.9. The Morgan fingerprint density at radius 3 is 2.88 bits per heavy atom. The number of nitrogens with zero attached hydrogens (tertiary/aromatic N) is 3. The number of nitrogen functional groups attached to an aromatic ring is 1. The third-order valence-electron chi connectivity index (χ3n) is 2.84. The number of nitrogens with two attached hydrogens (primary N) is 1. The molecule has 1 aromatic carbocycles. The number of aryl methyl sites for hydroxylation is 1. The molecule has 0 aliphatic carbocycles. The Balaban J connectivity index is 2.24. The Bertz CT molecular complexity index is 685. The van der Waals surface area contributed by atoms with Crippen molar-refractivity contribution in [2.75, 3.05) is 5.73 Å². The molecule has 0 saturated heterocycles. The van der Waals surface area contributed by atoms with Crippen LogP contribution >= 0.6 is 0 Å². The minimum atomic E-state index is 0.797. The minimum absolute atomic E-state index is 0.797. The van der Waals surface area contributed by atoms with E-state index in [1.54, 1.807) is 12.5 Å². The average Bonchev–Trinajstić information content (AvgIpc) is 2.76. The van der Waals surface area contributed by atoms with E-state index in [1.807, 2.05) is 41.8 Å². The van der Waals surface area contributed by atoms with Gasteiger partial charge in [-0.25, -0.2) is 9.97 Å². The van der Waals surface area contributed by atoms with E-state index in [-0.39, 0.29) is 0 Å². The first-order valence-corrected chi connectivity index (χ1v) is 5.40. The van der Waals surface area contributed by atoms with E-state index in [2.05, 4.69) is 9.97 Å². The molecule has 3 rings (SSSR count). The zero-order valence-electron chi connectivity index (χ0n) is 9.46. The average molecular weight is 224 g/mol. The van der Waals surface area contributed by atoms with Gasteiger partial charge in [0.05, 0.1) is 0 Å². The maximum absolute atomic E-state index is 5.81. The molecule has 0 aliphatic rings. The van der Waals surface area contributed by atoms with E-state index in [1.165, 1.54) is 0 Å². The van der Waals surface area contributed by atoms with Gasteiger partial charge in [-0.2, -0.15) is 0 Å². The summed E-state index contributed by atoms with van der Waals surface area (Å²) < 4.78 is 1.96. The van der Waals surface area contributed by atoms with Crippen LogP contribution in [-0.4, -0.2) is 14.5 Å². The number of pyridine rings is 1. The van der Waals surface area contributed by atoms with Crippen LogP contribution in [0.2, 0.25) is 0 Å². The smallest absolute Gasteiger partial charge is 0.164 e. The van der Waals surface area contributed by atoms with Gasteiger partial charge in [0.1, 0.15) is 11.8 Å². The lowest BCUT2D eigenvalue weighted by molar-refractivity contribution is 1.06. The molecule has 2 heterocycles. The first-order chi connectivity index (χ1) is 8.25. The van der Waals surface area contributed by atoms with Gasteiger partial charge in [-0.1, -0.05) is 0 Å². The molecule has 0 aliphatic heterocycles. The molecule has 4 nitrogen and oxygen atoms in total. The topological polar surface area (TPSA) is 56.7 Å². The van der Waals surface area contributed by atoms with Crippen LogP contribution in [-0.2, 0) is 0 Å². The van der Waals surface area contributed by atoms with Crippen molar-refractivity contribution < 1.29 is 0 Å². The second-order valence-corrected chi connectivity index (χ2v) is 4.00. The number of fused-ring (bicyclic) bond motifs is 1. The Hall–Kier alpha value is -2.36. The molecule has 0 bridgehead atoms. The lowest BCUT2D eigenvalue weighted by Crippen LogP contribution is -1.96. The van der Waals surface area contributed by atoms with Gasteiger partial charge < -0.3 is 5.73 Å². The molecule has 0 atom stereocenters. The number of imidazole rings is 1. The summed E-state index contributed by atoms with van der Waals surface area (Å²) in [5.74, 6) is 0. The first-order valence-electron chi connectivity index (χ1n) is 5.40. The maximum atomic E-state index is 5.81. The second kappa shape index (κ2) is 3.59. The molecule has 0 fully saturated rings. The van der Waals surface area contributed by atoms with Crippen molar-refractivity contribution in [3.8, 4) is 5.69 Å². The van der Waals surface area contributed by atoms with Crippen molar-refractivity contribution in [1.82, 2.24) is 14.5 Å². The lowest BCUT2D eigenvalue weighted by atomic mass is 10.2. The van der Waals surface area contributed by atoms with E-state index >= 15 is 0 Å². The van der Waals surface area contributed by atoms with Gasteiger partial charge in [0.2, 0.25) is 0 Å². The van der Waals surface area contributed by atoms with E-state index in [0.29, 0.717) is 0 Å². The number of benzene rings is 1. The first kappa shape index (κ1) is 9.84. The number of rotatable bonds is 1. The molecule has 84 valence electrons. The number of hydrogen-bond acceptors (Lipinski definition) is 3. The molecule has 2 aromatic heterocycles. The molecule has 17 heavy (non-hydrogen) atoms. The fraction of sp³-hybridized carbons (Fsp3) is 0.0769. The molecule has 4 heteroatoms. The lowest BCUT2D eigenvalue weighted by Gasteiger charge is -2.06. The summed E-state index contributed by atoms with van der Waals surface area (Å²) in [4.78, 5) is 8.66. The summed E-state index contributed by atoms with van der Waals surface area (Å²) in [5, 5.41) is 0. The van der Waals surface area contributed by atoms with Gasteiger partial charge in [0.15, 0.2) is 5.65 Å². The van der Waals surface area contributed by atoms with Crippen LogP contribution in [0.1, 0.15) is 5.56 Å². The predicted octanol–water partition coefficient (Wildman–Crippen LogP) is 2.31. The Morgan fingerprint density at radius 1 is 1.18 bits per heavy atom. The van der Waals surface area contributed by atoms with Crippen molar-refractivity contribution in [2.45, 2.75) is 6.92 Å². The molecular formula is C13H12N4. The highest BCUT2D eigenvalue weighted by molar-refractivity contribution is 5.72. The van der Waals surface area contributed by atoms with E-state index in [9.17, 15) is 0 Å². The zero-order chi connectivity index (χ0) is 11.8. The van der Waals surface area contributed by atoms with Crippen LogP contribution in [0.25, 0.3) is 16.9 Å². The molecule has 0 radical (unpaired) electrons. The maximum Gasteiger partial charge on any atom is 0.164 e. The third kappa shape index (κ3) is 1.54. The molecule has 0 spiro atoms. The van der Waals surface area contributed by atoms with Crippen molar-refractivity contribution in [2.24, 2.45) is 0 Å². The van der Waals surface area contributed by atoms with Crippen LogP contribution in [0.5, 0.6) is 0 Å². The van der Waals surface area contributed by atoms with Gasteiger partial charge in [0, 0.05) is 17.6 Å². The molecular weight excluding hydrogens is 212 g/mol. The number of hydrogen-bond donors (Lipinski definition) is 1. The number of anilines is 1. The van der Waals surface area contributed by atoms with Crippen LogP contribution < -0.4 is 5.73 Å². The van der Waals surface area contributed by atoms with Gasteiger partial charge in [0.25, 0.3) is 0 Å².